The summed E-state index contributed by atoms with van der Waals surface area (Å²) < 4.78 is 5.94. The first kappa shape index (κ1) is 21.1. The van der Waals surface area contributed by atoms with Gasteiger partial charge in [-0.15, -0.1) is 0 Å². The van der Waals surface area contributed by atoms with Crippen molar-refractivity contribution in [3.8, 4) is 5.75 Å². The highest BCUT2D eigenvalue weighted by Crippen LogP contribution is 2.22. The molecular formula is C25H26N2O3. The lowest BCUT2D eigenvalue weighted by atomic mass is 10.1. The van der Waals surface area contributed by atoms with Gasteiger partial charge in [-0.25, -0.2) is 0 Å². The van der Waals surface area contributed by atoms with Gasteiger partial charge in [0.2, 0.25) is 5.91 Å². The van der Waals surface area contributed by atoms with Crippen molar-refractivity contribution in [2.24, 2.45) is 5.73 Å². The van der Waals surface area contributed by atoms with Crippen molar-refractivity contribution in [3.63, 3.8) is 0 Å². The van der Waals surface area contributed by atoms with Crippen molar-refractivity contribution in [3.05, 3.63) is 102 Å². The van der Waals surface area contributed by atoms with Crippen molar-refractivity contribution >= 4 is 11.8 Å². The van der Waals surface area contributed by atoms with Gasteiger partial charge in [-0.1, -0.05) is 72.8 Å². The fraction of sp³-hybridized carbons (Fsp3) is 0.200. The molecule has 3 aromatic rings. The molecule has 30 heavy (non-hydrogen) atoms. The normalized spacial score (nSPS) is 10.4. The van der Waals surface area contributed by atoms with Crippen molar-refractivity contribution in [2.75, 3.05) is 13.1 Å². The molecule has 0 heterocycles. The summed E-state index contributed by atoms with van der Waals surface area (Å²) in [5, 5.41) is 0. The maximum atomic E-state index is 13.3. The average Bonchev–Trinajstić information content (AvgIpc) is 2.79. The summed E-state index contributed by atoms with van der Waals surface area (Å²) >= 11 is 0. The van der Waals surface area contributed by atoms with E-state index < -0.39 is 5.91 Å². The van der Waals surface area contributed by atoms with E-state index in [1.807, 2.05) is 72.8 Å². The first-order valence-electron chi connectivity index (χ1n) is 10.0. The molecule has 2 amide bonds. The van der Waals surface area contributed by atoms with Gasteiger partial charge in [0.05, 0.1) is 5.56 Å². The quantitative estimate of drug-likeness (QED) is 0.560. The van der Waals surface area contributed by atoms with Crippen LogP contribution in [0.25, 0.3) is 0 Å². The monoisotopic (exact) mass is 402 g/mol. The lowest BCUT2D eigenvalue weighted by molar-refractivity contribution is -0.118. The molecule has 0 saturated carbocycles. The standard InChI is InChI=1S/C25H26N2O3/c26-24(28)16-18-27(17-15-20-9-3-1-4-10-20)25(29)22-13-7-8-14-23(22)30-19-21-11-5-2-6-12-21/h1-14H,15-19H2,(H2,26,28). The molecule has 0 fully saturated rings. The number of carbonyl (C=O) groups excluding carboxylic acids is 2. The van der Waals surface area contributed by atoms with E-state index in [1.54, 1.807) is 17.0 Å². The highest BCUT2D eigenvalue weighted by Gasteiger charge is 2.20. The van der Waals surface area contributed by atoms with E-state index in [1.165, 1.54) is 0 Å². The zero-order chi connectivity index (χ0) is 21.2. The molecule has 0 unspecified atom stereocenters. The minimum absolute atomic E-state index is 0.119. The van der Waals surface area contributed by atoms with Gasteiger partial charge in [0.25, 0.3) is 5.91 Å². The van der Waals surface area contributed by atoms with Crippen LogP contribution in [-0.4, -0.2) is 29.8 Å². The molecule has 3 aromatic carbocycles. The molecule has 5 nitrogen and oxygen atoms in total. The second kappa shape index (κ2) is 10.8. The summed E-state index contributed by atoms with van der Waals surface area (Å²) in [6.45, 7) is 1.13. The minimum Gasteiger partial charge on any atom is -0.488 e. The molecule has 0 spiro atoms. The smallest absolute Gasteiger partial charge is 0.257 e. The van der Waals surface area contributed by atoms with E-state index >= 15 is 0 Å². The van der Waals surface area contributed by atoms with E-state index in [2.05, 4.69) is 0 Å². The average molecular weight is 402 g/mol. The van der Waals surface area contributed by atoms with E-state index in [-0.39, 0.29) is 18.9 Å². The lowest BCUT2D eigenvalue weighted by Gasteiger charge is -2.23. The number of nitrogens with two attached hydrogens (primary N) is 1. The van der Waals surface area contributed by atoms with Crippen molar-refractivity contribution in [1.29, 1.82) is 0 Å². The molecule has 0 radical (unpaired) electrons. The number of carbonyl (C=O) groups is 2. The molecule has 154 valence electrons. The van der Waals surface area contributed by atoms with Gasteiger partial charge < -0.3 is 15.4 Å². The summed E-state index contributed by atoms with van der Waals surface area (Å²) in [5.74, 6) is -0.0768. The Hall–Kier alpha value is -3.60. The SMILES string of the molecule is NC(=O)CCN(CCc1ccccc1)C(=O)c1ccccc1OCc1ccccc1. The highest BCUT2D eigenvalue weighted by molar-refractivity contribution is 5.97. The molecule has 0 aromatic heterocycles. The maximum Gasteiger partial charge on any atom is 0.257 e. The number of ether oxygens (including phenoxy) is 1. The van der Waals surface area contributed by atoms with Gasteiger partial charge in [0.15, 0.2) is 0 Å². The molecule has 5 heteroatoms. The number of benzene rings is 3. The Morgan fingerprint density at radius 3 is 2.03 bits per heavy atom. The van der Waals surface area contributed by atoms with Crippen molar-refractivity contribution in [2.45, 2.75) is 19.4 Å². The van der Waals surface area contributed by atoms with Gasteiger partial charge in [0, 0.05) is 19.5 Å². The topological polar surface area (TPSA) is 72.6 Å². The third-order valence-electron chi connectivity index (χ3n) is 4.78. The van der Waals surface area contributed by atoms with Gasteiger partial charge in [-0.2, -0.15) is 0 Å². The maximum absolute atomic E-state index is 13.3. The Morgan fingerprint density at radius 1 is 0.767 bits per heavy atom. The Bertz CT molecular complexity index is 958. The van der Waals surface area contributed by atoms with Crippen LogP contribution >= 0.6 is 0 Å². The lowest BCUT2D eigenvalue weighted by Crippen LogP contribution is -2.36. The second-order valence-corrected chi connectivity index (χ2v) is 7.01. The van der Waals surface area contributed by atoms with Crippen molar-refractivity contribution in [1.82, 2.24) is 4.90 Å². The number of primary amides is 1. The molecule has 0 aliphatic heterocycles. The van der Waals surface area contributed by atoms with Gasteiger partial charge >= 0.3 is 0 Å². The summed E-state index contributed by atoms with van der Waals surface area (Å²) in [5.41, 5.74) is 7.96. The Kier molecular flexibility index (Phi) is 7.61. The first-order chi connectivity index (χ1) is 14.6. The molecule has 0 atom stereocenters. The minimum atomic E-state index is -0.430. The van der Waals surface area contributed by atoms with E-state index in [0.29, 0.717) is 30.9 Å². The fourth-order valence-electron chi connectivity index (χ4n) is 3.14. The molecule has 0 bridgehead atoms. The van der Waals surface area contributed by atoms with Crippen LogP contribution in [0.15, 0.2) is 84.9 Å². The number of para-hydroxylation sites is 1. The second-order valence-electron chi connectivity index (χ2n) is 7.01. The van der Waals surface area contributed by atoms with Gasteiger partial charge in [-0.3, -0.25) is 9.59 Å². The van der Waals surface area contributed by atoms with E-state index in [4.69, 9.17) is 10.5 Å². The van der Waals surface area contributed by atoms with E-state index in [9.17, 15) is 9.59 Å². The highest BCUT2D eigenvalue weighted by atomic mass is 16.5. The molecule has 0 aliphatic rings. The number of amides is 2. The molecule has 3 rings (SSSR count). The Labute approximate surface area is 177 Å². The van der Waals surface area contributed by atoms with Crippen molar-refractivity contribution < 1.29 is 14.3 Å². The van der Waals surface area contributed by atoms with Crippen LogP contribution in [0, 0.1) is 0 Å². The molecule has 0 aliphatic carbocycles. The third-order valence-corrected chi connectivity index (χ3v) is 4.78. The summed E-state index contributed by atoms with van der Waals surface area (Å²) in [6, 6.07) is 26.9. The van der Waals surface area contributed by atoms with Gasteiger partial charge in [-0.05, 0) is 29.7 Å². The summed E-state index contributed by atoms with van der Waals surface area (Å²) in [4.78, 5) is 26.3. The van der Waals surface area contributed by atoms with Gasteiger partial charge in [0.1, 0.15) is 12.4 Å². The van der Waals surface area contributed by atoms with Crippen LogP contribution in [0.2, 0.25) is 0 Å². The predicted molar refractivity (Wildman–Crippen MR) is 117 cm³/mol. The van der Waals surface area contributed by atoms with Crippen LogP contribution < -0.4 is 10.5 Å². The zero-order valence-corrected chi connectivity index (χ0v) is 16.9. The molecular weight excluding hydrogens is 376 g/mol. The Morgan fingerprint density at radius 2 is 1.37 bits per heavy atom. The van der Waals surface area contributed by atoms with Crippen LogP contribution in [-0.2, 0) is 17.8 Å². The number of hydrogen-bond acceptors (Lipinski definition) is 3. The number of rotatable bonds is 10. The third kappa shape index (κ3) is 6.21. The number of nitrogens with zero attached hydrogens (tertiary/aromatic N) is 1. The van der Waals surface area contributed by atoms with Crippen LogP contribution in [0.1, 0.15) is 27.9 Å². The fourth-order valence-corrected chi connectivity index (χ4v) is 3.14. The molecule has 0 saturated heterocycles. The summed E-state index contributed by atoms with van der Waals surface area (Å²) in [7, 11) is 0. The van der Waals surface area contributed by atoms with Crippen LogP contribution in [0.3, 0.4) is 0 Å². The van der Waals surface area contributed by atoms with E-state index in [0.717, 1.165) is 11.1 Å². The predicted octanol–water partition coefficient (Wildman–Crippen LogP) is 3.83. The first-order valence-corrected chi connectivity index (χ1v) is 10.0. The van der Waals surface area contributed by atoms with Crippen LogP contribution in [0.5, 0.6) is 5.75 Å². The Balaban J connectivity index is 1.74. The summed E-state index contributed by atoms with van der Waals surface area (Å²) in [6.07, 6.45) is 0.811. The number of hydrogen-bond donors (Lipinski definition) is 1. The largest absolute Gasteiger partial charge is 0.488 e. The molecule has 2 N–H and O–H groups in total. The van der Waals surface area contributed by atoms with Crippen LogP contribution in [0.4, 0.5) is 0 Å². The zero-order valence-electron chi connectivity index (χ0n) is 16.9.